The summed E-state index contributed by atoms with van der Waals surface area (Å²) in [4.78, 5) is 24.4. The van der Waals surface area contributed by atoms with E-state index >= 15 is 0 Å². The Morgan fingerprint density at radius 3 is 2.56 bits per heavy atom. The maximum Gasteiger partial charge on any atom is 0.289 e. The molecular weight excluding hydrogens is 362 g/mol. The number of guanidine groups is 1. The Morgan fingerprint density at radius 2 is 2.00 bits per heavy atom. The summed E-state index contributed by atoms with van der Waals surface area (Å²) in [5, 5.41) is 5.61. The highest BCUT2D eigenvalue weighted by molar-refractivity contribution is 7.10. The topological polar surface area (TPSA) is 64.3 Å². The summed E-state index contributed by atoms with van der Waals surface area (Å²) >= 11 is 1.77. The maximum atomic E-state index is 12.4. The van der Waals surface area contributed by atoms with Crippen molar-refractivity contribution in [3.05, 3.63) is 46.5 Å². The van der Waals surface area contributed by atoms with Gasteiger partial charge in [-0.25, -0.2) is 0 Å². The van der Waals surface area contributed by atoms with Gasteiger partial charge in [-0.1, -0.05) is 6.07 Å². The van der Waals surface area contributed by atoms with Crippen LogP contribution < -0.4 is 5.32 Å². The highest BCUT2D eigenvalue weighted by atomic mass is 32.1. The Bertz CT molecular complexity index is 734. The zero-order valence-electron chi connectivity index (χ0n) is 16.1. The first-order valence-corrected chi connectivity index (χ1v) is 9.96. The lowest BCUT2D eigenvalue weighted by atomic mass is 10.2. The zero-order valence-corrected chi connectivity index (χ0v) is 16.9. The van der Waals surface area contributed by atoms with E-state index in [1.807, 2.05) is 4.90 Å². The molecule has 1 unspecified atom stereocenters. The predicted molar refractivity (Wildman–Crippen MR) is 108 cm³/mol. The SMILES string of the molecule is CN=C(NCC(c1cccs1)N(C)C)N1CCN(C(=O)c2ccco2)CC1. The van der Waals surface area contributed by atoms with Gasteiger partial charge in [-0.2, -0.15) is 0 Å². The van der Waals surface area contributed by atoms with Gasteiger partial charge in [-0.15, -0.1) is 11.3 Å². The molecule has 1 saturated heterocycles. The van der Waals surface area contributed by atoms with Gasteiger partial charge in [0.2, 0.25) is 0 Å². The van der Waals surface area contributed by atoms with Crippen LogP contribution in [-0.4, -0.2) is 80.4 Å². The van der Waals surface area contributed by atoms with Crippen LogP contribution in [0, 0.1) is 0 Å². The number of carbonyl (C=O) groups is 1. The van der Waals surface area contributed by atoms with Crippen LogP contribution in [0.25, 0.3) is 0 Å². The van der Waals surface area contributed by atoms with Crippen molar-refractivity contribution in [2.45, 2.75) is 6.04 Å². The molecule has 1 aliphatic heterocycles. The second-order valence-electron chi connectivity index (χ2n) is 6.68. The summed E-state index contributed by atoms with van der Waals surface area (Å²) in [6, 6.07) is 7.99. The van der Waals surface area contributed by atoms with Crippen molar-refractivity contribution in [3.63, 3.8) is 0 Å². The molecule has 146 valence electrons. The van der Waals surface area contributed by atoms with Crippen molar-refractivity contribution in [1.82, 2.24) is 20.0 Å². The van der Waals surface area contributed by atoms with Crippen molar-refractivity contribution in [3.8, 4) is 0 Å². The Balaban J connectivity index is 1.54. The summed E-state index contributed by atoms with van der Waals surface area (Å²) < 4.78 is 5.22. The van der Waals surface area contributed by atoms with Crippen molar-refractivity contribution in [2.75, 3.05) is 53.9 Å². The molecule has 0 aliphatic carbocycles. The van der Waals surface area contributed by atoms with E-state index in [0.29, 0.717) is 24.9 Å². The van der Waals surface area contributed by atoms with E-state index in [-0.39, 0.29) is 5.91 Å². The third kappa shape index (κ3) is 4.70. The molecule has 8 heteroatoms. The van der Waals surface area contributed by atoms with Gasteiger partial charge in [0.15, 0.2) is 11.7 Å². The van der Waals surface area contributed by atoms with Gasteiger partial charge < -0.3 is 24.4 Å². The van der Waals surface area contributed by atoms with Gasteiger partial charge in [0.25, 0.3) is 5.91 Å². The fraction of sp³-hybridized carbons (Fsp3) is 0.474. The zero-order chi connectivity index (χ0) is 19.2. The Morgan fingerprint density at radius 1 is 1.26 bits per heavy atom. The van der Waals surface area contributed by atoms with Crippen LogP contribution in [-0.2, 0) is 0 Å². The van der Waals surface area contributed by atoms with Crippen LogP contribution in [0.15, 0.2) is 45.3 Å². The van der Waals surface area contributed by atoms with Gasteiger partial charge in [-0.05, 0) is 37.7 Å². The first-order valence-electron chi connectivity index (χ1n) is 9.08. The number of thiophene rings is 1. The van der Waals surface area contributed by atoms with E-state index in [1.165, 1.54) is 11.1 Å². The molecule has 0 aromatic carbocycles. The molecule has 0 radical (unpaired) electrons. The van der Waals surface area contributed by atoms with E-state index in [1.54, 1.807) is 30.5 Å². The second-order valence-corrected chi connectivity index (χ2v) is 7.66. The Hall–Kier alpha value is -2.32. The molecule has 7 nitrogen and oxygen atoms in total. The quantitative estimate of drug-likeness (QED) is 0.626. The first kappa shape index (κ1) is 19.4. The van der Waals surface area contributed by atoms with Gasteiger partial charge in [-0.3, -0.25) is 9.79 Å². The van der Waals surface area contributed by atoms with Crippen LogP contribution in [0.5, 0.6) is 0 Å². The molecule has 3 heterocycles. The normalized spacial score (nSPS) is 16.7. The number of hydrogen-bond donors (Lipinski definition) is 1. The molecule has 0 spiro atoms. The molecule has 0 saturated carbocycles. The number of hydrogen-bond acceptors (Lipinski definition) is 5. The average Bonchev–Trinajstić information content (AvgIpc) is 3.38. The monoisotopic (exact) mass is 389 g/mol. The van der Waals surface area contributed by atoms with E-state index < -0.39 is 0 Å². The minimum Gasteiger partial charge on any atom is -0.459 e. The second kappa shape index (κ2) is 9.05. The molecule has 0 bridgehead atoms. The number of nitrogens with zero attached hydrogens (tertiary/aromatic N) is 4. The fourth-order valence-electron chi connectivity index (χ4n) is 3.22. The van der Waals surface area contributed by atoms with Gasteiger partial charge in [0.05, 0.1) is 12.3 Å². The Labute approximate surface area is 164 Å². The first-order chi connectivity index (χ1) is 13.1. The minimum atomic E-state index is -0.0482. The van der Waals surface area contributed by atoms with Crippen LogP contribution in [0.2, 0.25) is 0 Å². The number of amides is 1. The standard InChI is InChI=1S/C19H27N5O2S/c1-20-19(21-14-15(22(2)3)17-7-5-13-27-17)24-10-8-23(9-11-24)18(25)16-6-4-12-26-16/h4-7,12-13,15H,8-11,14H2,1-3H3,(H,20,21). The lowest BCUT2D eigenvalue weighted by Gasteiger charge is -2.36. The molecule has 3 rings (SSSR count). The third-order valence-electron chi connectivity index (χ3n) is 4.76. The highest BCUT2D eigenvalue weighted by Crippen LogP contribution is 2.22. The Kier molecular flexibility index (Phi) is 6.52. The van der Waals surface area contributed by atoms with E-state index in [0.717, 1.165) is 25.6 Å². The van der Waals surface area contributed by atoms with E-state index in [2.05, 4.69) is 51.7 Å². The van der Waals surface area contributed by atoms with Crippen LogP contribution in [0.1, 0.15) is 21.5 Å². The lowest BCUT2D eigenvalue weighted by molar-refractivity contribution is 0.0657. The minimum absolute atomic E-state index is 0.0482. The van der Waals surface area contributed by atoms with Crippen molar-refractivity contribution in [1.29, 1.82) is 0 Å². The highest BCUT2D eigenvalue weighted by Gasteiger charge is 2.25. The van der Waals surface area contributed by atoms with E-state index in [9.17, 15) is 4.79 Å². The average molecular weight is 390 g/mol. The number of furan rings is 1. The molecule has 1 fully saturated rings. The molecule has 1 N–H and O–H groups in total. The molecule has 2 aromatic heterocycles. The van der Waals surface area contributed by atoms with Gasteiger partial charge in [0.1, 0.15) is 0 Å². The molecule has 1 atom stereocenters. The fourth-order valence-corrected chi connectivity index (χ4v) is 4.14. The number of rotatable bonds is 5. The summed E-state index contributed by atoms with van der Waals surface area (Å²) in [7, 11) is 5.99. The third-order valence-corrected chi connectivity index (χ3v) is 5.73. The van der Waals surface area contributed by atoms with Crippen LogP contribution in [0.4, 0.5) is 0 Å². The van der Waals surface area contributed by atoms with E-state index in [4.69, 9.17) is 4.42 Å². The summed E-state index contributed by atoms with van der Waals surface area (Å²) in [5.74, 6) is 1.23. The molecule has 27 heavy (non-hydrogen) atoms. The van der Waals surface area contributed by atoms with Gasteiger partial charge >= 0.3 is 0 Å². The number of carbonyl (C=O) groups excluding carboxylic acids is 1. The molecule has 1 amide bonds. The summed E-state index contributed by atoms with van der Waals surface area (Å²) in [6.45, 7) is 3.59. The number of likely N-dealkylation sites (N-methyl/N-ethyl adjacent to an activating group) is 1. The smallest absolute Gasteiger partial charge is 0.289 e. The summed E-state index contributed by atoms with van der Waals surface area (Å²) in [6.07, 6.45) is 1.53. The lowest BCUT2D eigenvalue weighted by Crippen LogP contribution is -2.54. The van der Waals surface area contributed by atoms with Crippen LogP contribution >= 0.6 is 11.3 Å². The largest absolute Gasteiger partial charge is 0.459 e. The predicted octanol–water partition coefficient (Wildman–Crippen LogP) is 1.98. The molecular formula is C19H27N5O2S. The van der Waals surface area contributed by atoms with Crippen molar-refractivity contribution < 1.29 is 9.21 Å². The number of nitrogens with one attached hydrogen (secondary N) is 1. The summed E-state index contributed by atoms with van der Waals surface area (Å²) in [5.41, 5.74) is 0. The van der Waals surface area contributed by atoms with Crippen LogP contribution in [0.3, 0.4) is 0 Å². The van der Waals surface area contributed by atoms with Crippen molar-refractivity contribution in [2.24, 2.45) is 4.99 Å². The van der Waals surface area contributed by atoms with Gasteiger partial charge in [0, 0.05) is 44.6 Å². The molecule has 2 aromatic rings. The number of aliphatic imine (C=N–C) groups is 1. The maximum absolute atomic E-state index is 12.4. The molecule has 1 aliphatic rings. The number of piperazine rings is 1. The van der Waals surface area contributed by atoms with Crippen molar-refractivity contribution >= 4 is 23.2 Å².